The zero-order valence-corrected chi connectivity index (χ0v) is 12.0. The number of ether oxygens (including phenoxy) is 1. The first-order chi connectivity index (χ1) is 9.88. The van der Waals surface area contributed by atoms with Gasteiger partial charge in [0.15, 0.2) is 0 Å². The van der Waals surface area contributed by atoms with Gasteiger partial charge in [-0.3, -0.25) is 15.5 Å². The maximum Gasteiger partial charge on any atom is 0.329 e. The van der Waals surface area contributed by atoms with E-state index < -0.39 is 16.9 Å². The van der Waals surface area contributed by atoms with Crippen LogP contribution in [-0.2, 0) is 9.53 Å². The quantitative estimate of drug-likeness (QED) is 0.286. The molecule has 0 aliphatic rings. The molecule has 0 aliphatic heterocycles. The molecule has 0 saturated carbocycles. The van der Waals surface area contributed by atoms with Crippen molar-refractivity contribution in [3.8, 4) is 0 Å². The van der Waals surface area contributed by atoms with Crippen molar-refractivity contribution in [1.82, 2.24) is 9.97 Å². The van der Waals surface area contributed by atoms with Crippen LogP contribution < -0.4 is 16.6 Å². The number of nitrogens with zero attached hydrogens (tertiary/aromatic N) is 3. The van der Waals surface area contributed by atoms with Gasteiger partial charge in [-0.15, -0.1) is 0 Å². The molecule has 1 heterocycles. The van der Waals surface area contributed by atoms with Crippen LogP contribution >= 0.6 is 0 Å². The van der Waals surface area contributed by atoms with Crippen molar-refractivity contribution >= 4 is 23.4 Å². The summed E-state index contributed by atoms with van der Waals surface area (Å²) < 4.78 is 4.69. The fourth-order valence-corrected chi connectivity index (χ4v) is 1.68. The molecule has 1 aromatic rings. The number of carbonyl (C=O) groups excluding carboxylic acids is 1. The maximum atomic E-state index is 11.7. The summed E-state index contributed by atoms with van der Waals surface area (Å²) in [5, 5.41) is 13.7. The molecular formula is C11H18N6O4. The van der Waals surface area contributed by atoms with Gasteiger partial charge >= 0.3 is 11.7 Å². The number of methoxy groups -OCH3 is 1. The number of nitrogens with two attached hydrogens (primary N) is 1. The molecule has 0 amide bonds. The average Bonchev–Trinajstić information content (AvgIpc) is 2.44. The lowest BCUT2D eigenvalue weighted by atomic mass is 10.0. The lowest BCUT2D eigenvalue weighted by Gasteiger charge is -2.18. The molecule has 0 aliphatic carbocycles. The van der Waals surface area contributed by atoms with Gasteiger partial charge in [-0.25, -0.2) is 15.6 Å². The van der Waals surface area contributed by atoms with Gasteiger partial charge < -0.3 is 10.1 Å². The number of esters is 1. The predicted octanol–water partition coefficient (Wildman–Crippen LogP) is 0.670. The molecule has 1 unspecified atom stereocenters. The van der Waals surface area contributed by atoms with Crippen molar-refractivity contribution < 1.29 is 14.5 Å². The molecule has 21 heavy (non-hydrogen) atoms. The van der Waals surface area contributed by atoms with Crippen LogP contribution in [0.1, 0.15) is 20.3 Å². The number of aromatic nitrogens is 2. The van der Waals surface area contributed by atoms with Crippen LogP contribution in [0.4, 0.5) is 17.5 Å². The zero-order chi connectivity index (χ0) is 16.0. The Bertz CT molecular complexity index is 521. The Balaban J connectivity index is 3.11. The molecule has 0 radical (unpaired) electrons. The molecule has 0 bridgehead atoms. The highest BCUT2D eigenvalue weighted by atomic mass is 16.6. The minimum Gasteiger partial charge on any atom is -0.467 e. The van der Waals surface area contributed by atoms with E-state index in [2.05, 4.69) is 25.4 Å². The first kappa shape index (κ1) is 16.6. The van der Waals surface area contributed by atoms with E-state index in [4.69, 9.17) is 5.84 Å². The van der Waals surface area contributed by atoms with Crippen molar-refractivity contribution in [2.45, 2.75) is 26.3 Å². The molecule has 116 valence electrons. The summed E-state index contributed by atoms with van der Waals surface area (Å²) in [5.74, 6) is 4.72. The van der Waals surface area contributed by atoms with E-state index in [1.54, 1.807) is 0 Å². The summed E-state index contributed by atoms with van der Waals surface area (Å²) in [5.41, 5.74) is 1.83. The number of nitro groups is 1. The van der Waals surface area contributed by atoms with Gasteiger partial charge in [0.05, 0.1) is 12.0 Å². The molecule has 0 fully saturated rings. The second-order valence-electron chi connectivity index (χ2n) is 4.68. The molecule has 10 heteroatoms. The van der Waals surface area contributed by atoms with Crippen LogP contribution in [-0.4, -0.2) is 34.0 Å². The topological polar surface area (TPSA) is 145 Å². The molecule has 1 atom stereocenters. The van der Waals surface area contributed by atoms with Crippen molar-refractivity contribution in [3.05, 3.63) is 16.3 Å². The van der Waals surface area contributed by atoms with Gasteiger partial charge in [0, 0.05) is 0 Å². The molecule has 10 nitrogen and oxygen atoms in total. The minimum absolute atomic E-state index is 0.00346. The summed E-state index contributed by atoms with van der Waals surface area (Å²) in [6, 6.07) is -0.755. The van der Waals surface area contributed by atoms with Gasteiger partial charge in [0.1, 0.15) is 12.2 Å². The normalized spacial score (nSPS) is 11.9. The molecule has 0 saturated heterocycles. The third-order valence-corrected chi connectivity index (χ3v) is 2.60. The number of hydrogen-bond donors (Lipinski definition) is 3. The molecule has 1 aromatic heterocycles. The van der Waals surface area contributed by atoms with Crippen LogP contribution in [0.2, 0.25) is 0 Å². The molecular weight excluding hydrogens is 280 g/mol. The highest BCUT2D eigenvalue weighted by molar-refractivity contribution is 5.79. The Labute approximate surface area is 121 Å². The average molecular weight is 298 g/mol. The molecule has 1 rings (SSSR count). The van der Waals surface area contributed by atoms with Gasteiger partial charge in [0.2, 0.25) is 11.8 Å². The van der Waals surface area contributed by atoms with E-state index in [0.717, 1.165) is 6.20 Å². The van der Waals surface area contributed by atoms with E-state index in [-0.39, 0.29) is 23.4 Å². The van der Waals surface area contributed by atoms with Crippen LogP contribution in [0.5, 0.6) is 0 Å². The fourth-order valence-electron chi connectivity index (χ4n) is 1.68. The summed E-state index contributed by atoms with van der Waals surface area (Å²) in [4.78, 5) is 29.6. The first-order valence-corrected chi connectivity index (χ1v) is 6.21. The number of nitrogen functional groups attached to an aromatic ring is 1. The standard InChI is InChI=1S/C11H18N6O4/c1-6(2)4-7(10(18)21-3)14-9-8(17(19)20)5-13-11(15-9)16-12/h5-7H,4,12H2,1-3H3,(H2,13,14,15,16). The Hall–Kier alpha value is -2.49. The number of hydrogen-bond acceptors (Lipinski definition) is 9. The zero-order valence-electron chi connectivity index (χ0n) is 12.0. The van der Waals surface area contributed by atoms with Crippen LogP contribution in [0, 0.1) is 16.0 Å². The second kappa shape index (κ2) is 7.33. The molecule has 0 aromatic carbocycles. The van der Waals surface area contributed by atoms with E-state index in [1.807, 2.05) is 13.8 Å². The number of carbonyl (C=O) groups is 1. The van der Waals surface area contributed by atoms with Gasteiger partial charge in [-0.2, -0.15) is 4.98 Å². The van der Waals surface area contributed by atoms with Crippen molar-refractivity contribution in [2.24, 2.45) is 11.8 Å². The summed E-state index contributed by atoms with van der Waals surface area (Å²) in [6.07, 6.45) is 1.44. The Morgan fingerprint density at radius 3 is 2.71 bits per heavy atom. The van der Waals surface area contributed by atoms with Crippen LogP contribution in [0.15, 0.2) is 6.20 Å². The van der Waals surface area contributed by atoms with Gasteiger partial charge in [0.25, 0.3) is 0 Å². The maximum absolute atomic E-state index is 11.7. The Morgan fingerprint density at radius 2 is 2.24 bits per heavy atom. The van der Waals surface area contributed by atoms with E-state index in [1.165, 1.54) is 7.11 Å². The molecule has 0 spiro atoms. The SMILES string of the molecule is COC(=O)C(CC(C)C)Nc1nc(NN)ncc1[N+](=O)[O-]. The number of nitrogens with one attached hydrogen (secondary N) is 2. The summed E-state index contributed by atoms with van der Waals surface area (Å²) in [6.45, 7) is 3.83. The number of anilines is 2. The van der Waals surface area contributed by atoms with Gasteiger partial charge in [-0.1, -0.05) is 13.8 Å². The fraction of sp³-hybridized carbons (Fsp3) is 0.545. The smallest absolute Gasteiger partial charge is 0.329 e. The van der Waals surface area contributed by atoms with E-state index in [0.29, 0.717) is 6.42 Å². The highest BCUT2D eigenvalue weighted by Gasteiger charge is 2.25. The minimum atomic E-state index is -0.755. The number of hydrazine groups is 1. The summed E-state index contributed by atoms with van der Waals surface area (Å²) in [7, 11) is 1.25. The lowest BCUT2D eigenvalue weighted by molar-refractivity contribution is -0.384. The Kier molecular flexibility index (Phi) is 5.79. The van der Waals surface area contributed by atoms with Gasteiger partial charge in [-0.05, 0) is 12.3 Å². The van der Waals surface area contributed by atoms with Crippen molar-refractivity contribution in [2.75, 3.05) is 17.9 Å². The molecule has 4 N–H and O–H groups in total. The van der Waals surface area contributed by atoms with Crippen molar-refractivity contribution in [3.63, 3.8) is 0 Å². The third kappa shape index (κ3) is 4.53. The van der Waals surface area contributed by atoms with Crippen LogP contribution in [0.3, 0.4) is 0 Å². The first-order valence-electron chi connectivity index (χ1n) is 6.21. The van der Waals surface area contributed by atoms with Crippen LogP contribution in [0.25, 0.3) is 0 Å². The second-order valence-corrected chi connectivity index (χ2v) is 4.68. The largest absolute Gasteiger partial charge is 0.467 e. The monoisotopic (exact) mass is 298 g/mol. The highest BCUT2D eigenvalue weighted by Crippen LogP contribution is 2.24. The van der Waals surface area contributed by atoms with E-state index in [9.17, 15) is 14.9 Å². The predicted molar refractivity (Wildman–Crippen MR) is 75.4 cm³/mol. The van der Waals surface area contributed by atoms with Crippen molar-refractivity contribution in [1.29, 1.82) is 0 Å². The Morgan fingerprint density at radius 1 is 1.57 bits per heavy atom. The summed E-state index contributed by atoms with van der Waals surface area (Å²) >= 11 is 0. The third-order valence-electron chi connectivity index (χ3n) is 2.60. The van der Waals surface area contributed by atoms with E-state index >= 15 is 0 Å². The number of rotatable bonds is 7. The lowest BCUT2D eigenvalue weighted by Crippen LogP contribution is -2.33.